The molecule has 0 saturated heterocycles. The lowest BCUT2D eigenvalue weighted by molar-refractivity contribution is -0.148. The molecule has 1 amide bonds. The number of alkyl carbamates (subject to hydrolysis) is 1. The summed E-state index contributed by atoms with van der Waals surface area (Å²) in [5.74, 6) is -0.735. The van der Waals surface area contributed by atoms with Crippen LogP contribution in [0.25, 0.3) is 0 Å². The van der Waals surface area contributed by atoms with Gasteiger partial charge in [-0.1, -0.05) is 30.3 Å². The molecule has 0 atom stereocenters. The Morgan fingerprint density at radius 2 is 1.81 bits per heavy atom. The first-order chi connectivity index (χ1) is 10.0. The number of ether oxygens (including phenoxy) is 1. The highest BCUT2D eigenvalue weighted by molar-refractivity contribution is 5.77. The summed E-state index contributed by atoms with van der Waals surface area (Å²) in [5, 5.41) is 12.3. The van der Waals surface area contributed by atoms with Crippen LogP contribution in [-0.4, -0.2) is 22.7 Å². The van der Waals surface area contributed by atoms with Crippen LogP contribution in [0.15, 0.2) is 30.3 Å². The minimum atomic E-state index is -0.735. The molecule has 112 valence electrons. The lowest BCUT2D eigenvalue weighted by Gasteiger charge is -2.27. The smallest absolute Gasteiger partial charge is 0.407 e. The van der Waals surface area contributed by atoms with E-state index in [2.05, 4.69) is 5.32 Å². The molecule has 1 aromatic rings. The Bertz CT molecular complexity index is 547. The standard InChI is InChI=1S/C16H19NO4/c18-13(19)15-6-8-16(11-15,9-7-15)17-14(20)21-10-12-4-2-1-3-5-12/h1-5H,6-11H2,(H,17,20)(H,18,19). The number of benzene rings is 1. The molecule has 0 radical (unpaired) electrons. The number of carboxylic acids is 1. The first kappa shape index (κ1) is 13.9. The third-order valence-corrected chi connectivity index (χ3v) is 4.87. The van der Waals surface area contributed by atoms with Crippen molar-refractivity contribution in [3.63, 3.8) is 0 Å². The zero-order valence-corrected chi connectivity index (χ0v) is 11.8. The molecule has 5 heteroatoms. The Morgan fingerprint density at radius 3 is 2.38 bits per heavy atom. The van der Waals surface area contributed by atoms with Gasteiger partial charge in [-0.3, -0.25) is 4.79 Å². The average Bonchev–Trinajstić information content (AvgIpc) is 3.03. The molecule has 1 aromatic carbocycles. The second-order valence-electron chi connectivity index (χ2n) is 6.23. The summed E-state index contributed by atoms with van der Waals surface area (Å²) in [6.07, 6.45) is 2.79. The summed E-state index contributed by atoms with van der Waals surface area (Å²) in [4.78, 5) is 23.3. The van der Waals surface area contributed by atoms with Gasteiger partial charge in [0.1, 0.15) is 6.61 Å². The maximum Gasteiger partial charge on any atom is 0.407 e. The van der Waals surface area contributed by atoms with Crippen LogP contribution in [0.2, 0.25) is 0 Å². The van der Waals surface area contributed by atoms with Crippen molar-refractivity contribution in [2.45, 2.75) is 44.2 Å². The Balaban J connectivity index is 1.55. The Hall–Kier alpha value is -2.04. The molecule has 0 aliphatic heterocycles. The van der Waals surface area contributed by atoms with Crippen LogP contribution in [0.3, 0.4) is 0 Å². The third-order valence-electron chi connectivity index (χ3n) is 4.87. The lowest BCUT2D eigenvalue weighted by Crippen LogP contribution is -2.45. The summed E-state index contributed by atoms with van der Waals surface area (Å²) < 4.78 is 5.23. The van der Waals surface area contributed by atoms with E-state index in [0.717, 1.165) is 18.4 Å². The van der Waals surface area contributed by atoms with Crippen molar-refractivity contribution in [1.29, 1.82) is 0 Å². The minimum Gasteiger partial charge on any atom is -0.481 e. The SMILES string of the molecule is O=C(NC12CCC(C(=O)O)(CC1)C2)OCc1ccccc1. The number of hydrogen-bond acceptors (Lipinski definition) is 3. The highest BCUT2D eigenvalue weighted by Crippen LogP contribution is 2.56. The molecule has 2 aliphatic rings. The number of carboxylic acid groups (broad SMARTS) is 1. The largest absolute Gasteiger partial charge is 0.481 e. The van der Waals surface area contributed by atoms with Crippen molar-refractivity contribution in [1.82, 2.24) is 5.32 Å². The van der Waals surface area contributed by atoms with Crippen molar-refractivity contribution in [2.75, 3.05) is 0 Å². The van der Waals surface area contributed by atoms with E-state index in [9.17, 15) is 14.7 Å². The number of carbonyl (C=O) groups is 2. The maximum absolute atomic E-state index is 11.9. The van der Waals surface area contributed by atoms with Gasteiger partial charge in [0.15, 0.2) is 0 Å². The molecule has 2 bridgehead atoms. The van der Waals surface area contributed by atoms with Crippen LogP contribution in [0.1, 0.15) is 37.7 Å². The van der Waals surface area contributed by atoms with Crippen molar-refractivity contribution < 1.29 is 19.4 Å². The second kappa shape index (κ2) is 5.06. The van der Waals surface area contributed by atoms with Gasteiger partial charge in [-0.05, 0) is 37.7 Å². The highest BCUT2D eigenvalue weighted by atomic mass is 16.5. The first-order valence-electron chi connectivity index (χ1n) is 7.26. The highest BCUT2D eigenvalue weighted by Gasteiger charge is 2.59. The van der Waals surface area contributed by atoms with E-state index >= 15 is 0 Å². The number of amides is 1. The summed E-state index contributed by atoms with van der Waals surface area (Å²) in [7, 11) is 0. The van der Waals surface area contributed by atoms with Gasteiger partial charge in [0.05, 0.1) is 5.41 Å². The normalized spacial score (nSPS) is 30.1. The molecule has 0 spiro atoms. The van der Waals surface area contributed by atoms with Gasteiger partial charge in [-0.25, -0.2) is 4.79 Å². The lowest BCUT2D eigenvalue weighted by atomic mass is 9.84. The number of carbonyl (C=O) groups excluding carboxylic acids is 1. The van der Waals surface area contributed by atoms with Crippen LogP contribution in [-0.2, 0) is 16.1 Å². The van der Waals surface area contributed by atoms with Crippen LogP contribution < -0.4 is 5.32 Å². The number of hydrogen-bond donors (Lipinski definition) is 2. The number of fused-ring (bicyclic) bond motifs is 2. The Labute approximate surface area is 123 Å². The fourth-order valence-corrected chi connectivity index (χ4v) is 3.64. The molecule has 0 heterocycles. The van der Waals surface area contributed by atoms with Crippen LogP contribution in [0, 0.1) is 5.41 Å². The maximum atomic E-state index is 11.9. The predicted octanol–water partition coefficient (Wildman–Crippen LogP) is 2.70. The number of aliphatic carboxylic acids is 1. The molecule has 2 saturated carbocycles. The van der Waals surface area contributed by atoms with E-state index in [1.807, 2.05) is 30.3 Å². The molecule has 0 unspecified atom stereocenters. The number of nitrogens with one attached hydrogen (secondary N) is 1. The summed E-state index contributed by atoms with van der Waals surface area (Å²) in [6, 6.07) is 9.48. The van der Waals surface area contributed by atoms with E-state index in [1.54, 1.807) is 0 Å². The zero-order valence-electron chi connectivity index (χ0n) is 11.8. The van der Waals surface area contributed by atoms with Crippen molar-refractivity contribution >= 4 is 12.1 Å². The molecule has 3 rings (SSSR count). The predicted molar refractivity (Wildman–Crippen MR) is 75.6 cm³/mol. The Kier molecular flexibility index (Phi) is 3.35. The molecular formula is C16H19NO4. The molecule has 5 nitrogen and oxygen atoms in total. The van der Waals surface area contributed by atoms with Crippen LogP contribution >= 0.6 is 0 Å². The van der Waals surface area contributed by atoms with Gasteiger partial charge >= 0.3 is 12.1 Å². The fourth-order valence-electron chi connectivity index (χ4n) is 3.64. The van der Waals surface area contributed by atoms with Gasteiger partial charge in [0.25, 0.3) is 0 Å². The van der Waals surface area contributed by atoms with E-state index in [-0.39, 0.29) is 12.1 Å². The summed E-state index contributed by atoms with van der Waals surface area (Å²) in [5.41, 5.74) is -0.0818. The minimum absolute atomic E-state index is 0.229. The monoisotopic (exact) mass is 289 g/mol. The van der Waals surface area contributed by atoms with Crippen LogP contribution in [0.4, 0.5) is 4.79 Å². The zero-order chi connectivity index (χ0) is 14.9. The van der Waals surface area contributed by atoms with E-state index < -0.39 is 17.5 Å². The molecule has 0 aromatic heterocycles. The second-order valence-corrected chi connectivity index (χ2v) is 6.23. The topological polar surface area (TPSA) is 75.6 Å². The van der Waals surface area contributed by atoms with E-state index in [1.165, 1.54) is 0 Å². The molecular weight excluding hydrogens is 270 g/mol. The van der Waals surface area contributed by atoms with Gasteiger partial charge < -0.3 is 15.2 Å². The quantitative estimate of drug-likeness (QED) is 0.893. The molecule has 21 heavy (non-hydrogen) atoms. The summed E-state index contributed by atoms with van der Waals surface area (Å²) >= 11 is 0. The van der Waals surface area contributed by atoms with E-state index in [4.69, 9.17) is 4.74 Å². The van der Waals surface area contributed by atoms with Crippen molar-refractivity contribution in [3.05, 3.63) is 35.9 Å². The fraction of sp³-hybridized carbons (Fsp3) is 0.500. The van der Waals surface area contributed by atoms with Crippen molar-refractivity contribution in [2.24, 2.45) is 5.41 Å². The third kappa shape index (κ3) is 2.60. The molecule has 2 aliphatic carbocycles. The van der Waals surface area contributed by atoms with Crippen molar-refractivity contribution in [3.8, 4) is 0 Å². The van der Waals surface area contributed by atoms with Crippen LogP contribution in [0.5, 0.6) is 0 Å². The van der Waals surface area contributed by atoms with Gasteiger partial charge in [-0.2, -0.15) is 0 Å². The molecule has 2 N–H and O–H groups in total. The first-order valence-corrected chi connectivity index (χ1v) is 7.26. The van der Waals surface area contributed by atoms with Gasteiger partial charge in [0, 0.05) is 5.54 Å². The van der Waals surface area contributed by atoms with Gasteiger partial charge in [0.2, 0.25) is 0 Å². The Morgan fingerprint density at radius 1 is 1.14 bits per heavy atom. The van der Waals surface area contributed by atoms with Gasteiger partial charge in [-0.15, -0.1) is 0 Å². The average molecular weight is 289 g/mol. The van der Waals surface area contributed by atoms with E-state index in [0.29, 0.717) is 19.3 Å². The molecule has 2 fully saturated rings. The number of rotatable bonds is 4. The summed E-state index contributed by atoms with van der Waals surface area (Å²) in [6.45, 7) is 0.229.